The van der Waals surface area contributed by atoms with Gasteiger partial charge in [-0.05, 0) is 41.6 Å². The summed E-state index contributed by atoms with van der Waals surface area (Å²) in [6.45, 7) is 4.01. The number of halogens is 2. The number of carbonyl (C=O) groups is 1. The highest BCUT2D eigenvalue weighted by Crippen LogP contribution is 2.35. The van der Waals surface area contributed by atoms with Crippen molar-refractivity contribution in [1.82, 2.24) is 9.88 Å². The fraction of sp³-hybridized carbons (Fsp3) is 0.0556. The average molecular weight is 374 g/mol. The molecule has 25 heavy (non-hydrogen) atoms. The summed E-state index contributed by atoms with van der Waals surface area (Å²) in [5, 5.41) is 0.906. The number of pyridine rings is 1. The van der Waals surface area contributed by atoms with Crippen LogP contribution in [-0.2, 0) is 4.79 Å². The van der Waals surface area contributed by atoms with Gasteiger partial charge in [-0.25, -0.2) is 9.38 Å². The Kier molecular flexibility index (Phi) is 5.31. The molecule has 3 rings (SSSR count). The molecule has 4 nitrogen and oxygen atoms in total. The van der Waals surface area contributed by atoms with Crippen molar-refractivity contribution in [1.29, 1.82) is 0 Å². The molecule has 2 heterocycles. The minimum absolute atomic E-state index is 0.182. The van der Waals surface area contributed by atoms with Crippen LogP contribution in [0.2, 0.25) is 5.02 Å². The standard InChI is InChI=1S/C18H13ClFN3OS/c1-2-9-23-17(24)16(10-12-3-5-13(20)6-4-12)25-18(23)22-15-7-8-21-11-14(15)19/h2-8,10-11H,1,9H2/b16-10-,22-18?. The number of nitrogens with zero attached hydrogens (tertiary/aromatic N) is 3. The van der Waals surface area contributed by atoms with Gasteiger partial charge in [0.25, 0.3) is 5.91 Å². The van der Waals surface area contributed by atoms with Crippen molar-refractivity contribution in [3.63, 3.8) is 0 Å². The molecule has 1 aliphatic rings. The highest BCUT2D eigenvalue weighted by atomic mass is 35.5. The largest absolute Gasteiger partial charge is 0.283 e. The van der Waals surface area contributed by atoms with Gasteiger partial charge < -0.3 is 0 Å². The van der Waals surface area contributed by atoms with E-state index >= 15 is 0 Å². The van der Waals surface area contributed by atoms with Gasteiger partial charge in [0.2, 0.25) is 0 Å². The van der Waals surface area contributed by atoms with Crippen LogP contribution in [0.25, 0.3) is 6.08 Å². The molecule has 0 unspecified atom stereocenters. The van der Waals surface area contributed by atoms with E-state index in [1.165, 1.54) is 35.0 Å². The third kappa shape index (κ3) is 3.97. The van der Waals surface area contributed by atoms with Crippen LogP contribution in [0.15, 0.2) is 65.3 Å². The lowest BCUT2D eigenvalue weighted by Gasteiger charge is -2.12. The summed E-state index contributed by atoms with van der Waals surface area (Å²) >= 11 is 7.33. The van der Waals surface area contributed by atoms with Crippen molar-refractivity contribution < 1.29 is 9.18 Å². The van der Waals surface area contributed by atoms with Crippen molar-refractivity contribution in [3.05, 3.63) is 76.7 Å². The zero-order valence-corrected chi connectivity index (χ0v) is 14.6. The van der Waals surface area contributed by atoms with Crippen molar-refractivity contribution in [2.24, 2.45) is 4.99 Å². The third-order valence-electron chi connectivity index (χ3n) is 3.33. The summed E-state index contributed by atoms with van der Waals surface area (Å²) in [7, 11) is 0. The number of aliphatic imine (C=N–C) groups is 1. The van der Waals surface area contributed by atoms with Gasteiger partial charge in [0.1, 0.15) is 5.82 Å². The Hall–Kier alpha value is -2.44. The van der Waals surface area contributed by atoms with Gasteiger partial charge in [-0.1, -0.05) is 29.8 Å². The van der Waals surface area contributed by atoms with E-state index in [4.69, 9.17) is 11.6 Å². The highest BCUT2D eigenvalue weighted by molar-refractivity contribution is 8.18. The molecule has 1 aliphatic heterocycles. The van der Waals surface area contributed by atoms with Gasteiger partial charge in [0.15, 0.2) is 5.17 Å². The maximum absolute atomic E-state index is 13.0. The van der Waals surface area contributed by atoms with E-state index in [-0.39, 0.29) is 11.7 Å². The van der Waals surface area contributed by atoms with Crippen LogP contribution >= 0.6 is 23.4 Å². The molecule has 1 aromatic heterocycles. The van der Waals surface area contributed by atoms with Gasteiger partial charge in [0.05, 0.1) is 15.6 Å². The first-order valence-corrected chi connectivity index (χ1v) is 8.54. The topological polar surface area (TPSA) is 45.6 Å². The van der Waals surface area contributed by atoms with Crippen LogP contribution in [0, 0.1) is 5.82 Å². The number of amides is 1. The van der Waals surface area contributed by atoms with E-state index in [1.807, 2.05) is 0 Å². The molecule has 0 aliphatic carbocycles. The van der Waals surface area contributed by atoms with E-state index in [0.29, 0.717) is 27.3 Å². The molecule has 1 saturated heterocycles. The Labute approximate surface area is 153 Å². The van der Waals surface area contributed by atoms with Gasteiger partial charge in [-0.15, -0.1) is 6.58 Å². The number of hydrogen-bond donors (Lipinski definition) is 0. The van der Waals surface area contributed by atoms with E-state index in [1.54, 1.807) is 36.5 Å². The number of hydrogen-bond acceptors (Lipinski definition) is 4. The average Bonchev–Trinajstić information content (AvgIpc) is 2.88. The fourth-order valence-electron chi connectivity index (χ4n) is 2.15. The maximum atomic E-state index is 13.0. The Morgan fingerprint density at radius 1 is 1.32 bits per heavy atom. The molecule has 1 aromatic carbocycles. The molecule has 0 spiro atoms. The summed E-state index contributed by atoms with van der Waals surface area (Å²) in [4.78, 5) is 23.1. The van der Waals surface area contributed by atoms with Gasteiger partial charge in [-0.3, -0.25) is 14.7 Å². The van der Waals surface area contributed by atoms with Crippen LogP contribution in [0.4, 0.5) is 10.1 Å². The Morgan fingerprint density at radius 3 is 2.76 bits per heavy atom. The molecule has 0 N–H and O–H groups in total. The summed E-state index contributed by atoms with van der Waals surface area (Å²) in [5.41, 5.74) is 1.27. The Bertz CT molecular complexity index is 880. The summed E-state index contributed by atoms with van der Waals surface area (Å²) in [6.07, 6.45) is 6.41. The van der Waals surface area contributed by atoms with Crippen LogP contribution in [0.1, 0.15) is 5.56 Å². The number of benzene rings is 1. The van der Waals surface area contributed by atoms with E-state index in [0.717, 1.165) is 5.56 Å². The van der Waals surface area contributed by atoms with Crippen molar-refractivity contribution in [2.45, 2.75) is 0 Å². The van der Waals surface area contributed by atoms with Crippen LogP contribution in [0.5, 0.6) is 0 Å². The van der Waals surface area contributed by atoms with Crippen LogP contribution in [0.3, 0.4) is 0 Å². The molecular formula is C18H13ClFN3OS. The molecular weight excluding hydrogens is 361 g/mol. The lowest BCUT2D eigenvalue weighted by molar-refractivity contribution is -0.121. The zero-order valence-electron chi connectivity index (χ0n) is 13.0. The lowest BCUT2D eigenvalue weighted by Crippen LogP contribution is -2.29. The monoisotopic (exact) mass is 373 g/mol. The van der Waals surface area contributed by atoms with Gasteiger partial charge in [0, 0.05) is 18.9 Å². The number of rotatable bonds is 4. The molecule has 1 amide bonds. The van der Waals surface area contributed by atoms with Crippen molar-refractivity contribution in [2.75, 3.05) is 6.54 Å². The van der Waals surface area contributed by atoms with Crippen LogP contribution in [-0.4, -0.2) is 27.5 Å². The summed E-state index contributed by atoms with van der Waals surface area (Å²) < 4.78 is 13.0. The number of aromatic nitrogens is 1. The van der Waals surface area contributed by atoms with Gasteiger partial charge in [-0.2, -0.15) is 0 Å². The molecule has 0 bridgehead atoms. The minimum atomic E-state index is -0.324. The quantitative estimate of drug-likeness (QED) is 0.578. The summed E-state index contributed by atoms with van der Waals surface area (Å²) in [5.74, 6) is -0.506. The predicted molar refractivity (Wildman–Crippen MR) is 100 cm³/mol. The normalized spacial score (nSPS) is 17.5. The first-order valence-electron chi connectivity index (χ1n) is 7.34. The van der Waals surface area contributed by atoms with E-state index < -0.39 is 0 Å². The molecule has 0 saturated carbocycles. The van der Waals surface area contributed by atoms with Crippen LogP contribution < -0.4 is 0 Å². The minimum Gasteiger partial charge on any atom is -0.283 e. The first kappa shape index (κ1) is 17.4. The maximum Gasteiger partial charge on any atom is 0.267 e. The molecule has 0 atom stereocenters. The molecule has 2 aromatic rings. The smallest absolute Gasteiger partial charge is 0.267 e. The first-order chi connectivity index (χ1) is 12.1. The van der Waals surface area contributed by atoms with E-state index in [9.17, 15) is 9.18 Å². The zero-order chi connectivity index (χ0) is 17.8. The van der Waals surface area contributed by atoms with Crippen molar-refractivity contribution >= 4 is 46.2 Å². The van der Waals surface area contributed by atoms with Gasteiger partial charge >= 0.3 is 0 Å². The number of thioether (sulfide) groups is 1. The molecule has 126 valence electrons. The second-order valence-corrected chi connectivity index (χ2v) is 6.50. The highest BCUT2D eigenvalue weighted by Gasteiger charge is 2.32. The molecule has 7 heteroatoms. The second kappa shape index (κ2) is 7.63. The van der Waals surface area contributed by atoms with Crippen molar-refractivity contribution in [3.8, 4) is 0 Å². The Morgan fingerprint density at radius 2 is 2.08 bits per heavy atom. The third-order valence-corrected chi connectivity index (χ3v) is 4.63. The molecule has 1 fully saturated rings. The predicted octanol–water partition coefficient (Wildman–Crippen LogP) is 4.66. The SMILES string of the molecule is C=CCN1C(=O)/C(=C/c2ccc(F)cc2)SC1=Nc1ccncc1Cl. The summed E-state index contributed by atoms with van der Waals surface area (Å²) in [6, 6.07) is 7.60. The number of amidine groups is 1. The Balaban J connectivity index is 1.96. The second-order valence-electron chi connectivity index (χ2n) is 5.09. The number of carbonyl (C=O) groups excluding carboxylic acids is 1. The molecule has 0 radical (unpaired) electrons. The van der Waals surface area contributed by atoms with E-state index in [2.05, 4.69) is 16.6 Å². The lowest BCUT2D eigenvalue weighted by atomic mass is 10.2. The fourth-order valence-corrected chi connectivity index (χ4v) is 3.32.